The molecule has 0 saturated carbocycles. The molecule has 0 spiro atoms. The molecule has 0 radical (unpaired) electrons. The number of unbranched alkanes of at least 4 members (excludes halogenated alkanes) is 2. The zero-order valence-electron chi connectivity index (χ0n) is 17.3. The van der Waals surface area contributed by atoms with E-state index in [1.165, 1.54) is 19.0 Å². The van der Waals surface area contributed by atoms with Gasteiger partial charge < -0.3 is 5.11 Å². The van der Waals surface area contributed by atoms with Gasteiger partial charge in [0.2, 0.25) is 0 Å². The van der Waals surface area contributed by atoms with E-state index in [0.717, 1.165) is 35.6 Å². The Balaban J connectivity index is 1.82. The van der Waals surface area contributed by atoms with Crippen LogP contribution in [-0.2, 0) is 13.0 Å². The van der Waals surface area contributed by atoms with E-state index in [1.807, 2.05) is 28.9 Å². The molecule has 3 rings (SSSR count). The summed E-state index contributed by atoms with van der Waals surface area (Å²) in [5, 5.41) is 14.1. The summed E-state index contributed by atoms with van der Waals surface area (Å²) in [6, 6.07) is 11.4. The van der Waals surface area contributed by atoms with Crippen LogP contribution in [0.4, 0.5) is 0 Å². The number of rotatable bonds is 9. The van der Waals surface area contributed by atoms with E-state index in [-0.39, 0.29) is 5.69 Å². The molecule has 0 aliphatic rings. The van der Waals surface area contributed by atoms with Crippen molar-refractivity contribution in [2.24, 2.45) is 0 Å². The summed E-state index contributed by atoms with van der Waals surface area (Å²) in [4.78, 5) is 20.2. The lowest BCUT2D eigenvalue weighted by Gasteiger charge is -2.09. The summed E-state index contributed by atoms with van der Waals surface area (Å²) < 4.78 is 2.01. The quantitative estimate of drug-likeness (QED) is 0.522. The van der Waals surface area contributed by atoms with Gasteiger partial charge in [-0.15, -0.1) is 0 Å². The maximum absolute atomic E-state index is 11.4. The van der Waals surface area contributed by atoms with E-state index >= 15 is 0 Å². The topological polar surface area (TPSA) is 80.9 Å². The van der Waals surface area contributed by atoms with Gasteiger partial charge in [-0.3, -0.25) is 0 Å². The number of benzene rings is 1. The molecule has 6 heteroatoms. The van der Waals surface area contributed by atoms with E-state index in [0.29, 0.717) is 18.0 Å². The molecule has 29 heavy (non-hydrogen) atoms. The predicted octanol–water partition coefficient (Wildman–Crippen LogP) is 4.94. The lowest BCUT2D eigenvalue weighted by atomic mass is 10.0. The van der Waals surface area contributed by atoms with Crippen LogP contribution in [0, 0.1) is 0 Å². The fourth-order valence-corrected chi connectivity index (χ4v) is 3.25. The second kappa shape index (κ2) is 9.45. The first-order valence-electron chi connectivity index (χ1n) is 10.2. The third kappa shape index (κ3) is 5.08. The summed E-state index contributed by atoms with van der Waals surface area (Å²) >= 11 is 0. The highest BCUT2D eigenvalue weighted by atomic mass is 16.4. The van der Waals surface area contributed by atoms with Crippen LogP contribution in [0.5, 0.6) is 0 Å². The molecule has 1 aromatic carbocycles. The van der Waals surface area contributed by atoms with Crippen molar-refractivity contribution in [1.82, 2.24) is 19.7 Å². The Morgan fingerprint density at radius 3 is 2.55 bits per heavy atom. The molecule has 0 unspecified atom stereocenters. The van der Waals surface area contributed by atoms with E-state index in [9.17, 15) is 9.90 Å². The molecule has 2 heterocycles. The Morgan fingerprint density at radius 1 is 1.14 bits per heavy atom. The maximum Gasteiger partial charge on any atom is 0.355 e. The highest BCUT2D eigenvalue weighted by Crippen LogP contribution is 2.23. The van der Waals surface area contributed by atoms with Gasteiger partial charge in [-0.05, 0) is 23.6 Å². The fourth-order valence-electron chi connectivity index (χ4n) is 3.25. The Kier molecular flexibility index (Phi) is 6.75. The second-order valence-electron chi connectivity index (χ2n) is 7.56. The lowest BCUT2D eigenvalue weighted by molar-refractivity contribution is 0.0691. The number of aromatic nitrogens is 4. The average molecular weight is 393 g/mol. The van der Waals surface area contributed by atoms with E-state index in [4.69, 9.17) is 10.1 Å². The van der Waals surface area contributed by atoms with Crippen molar-refractivity contribution in [3.63, 3.8) is 0 Å². The van der Waals surface area contributed by atoms with Gasteiger partial charge in [-0.1, -0.05) is 63.9 Å². The number of nitrogens with zero attached hydrogens (tertiary/aromatic N) is 4. The third-order valence-corrected chi connectivity index (χ3v) is 4.89. The van der Waals surface area contributed by atoms with Crippen LogP contribution < -0.4 is 0 Å². The number of aromatic carboxylic acids is 1. The number of carboxylic acids is 1. The molecule has 0 saturated heterocycles. The highest BCUT2D eigenvalue weighted by molar-refractivity contribution is 5.93. The molecular weight excluding hydrogens is 364 g/mol. The van der Waals surface area contributed by atoms with Crippen LogP contribution >= 0.6 is 0 Å². The minimum atomic E-state index is -1.02. The summed E-state index contributed by atoms with van der Waals surface area (Å²) in [5.74, 6) is 1.19. The Morgan fingerprint density at radius 2 is 1.90 bits per heavy atom. The molecular formula is C23H28N4O2. The van der Waals surface area contributed by atoms with Crippen LogP contribution in [0.15, 0.2) is 42.6 Å². The summed E-state index contributed by atoms with van der Waals surface area (Å²) in [5.41, 5.74) is 2.63. The van der Waals surface area contributed by atoms with Crippen molar-refractivity contribution in [2.45, 2.75) is 58.9 Å². The van der Waals surface area contributed by atoms with E-state index in [1.54, 1.807) is 12.1 Å². The van der Waals surface area contributed by atoms with Gasteiger partial charge in [0.25, 0.3) is 0 Å². The smallest absolute Gasteiger partial charge is 0.355 e. The van der Waals surface area contributed by atoms with Crippen LogP contribution in [0.1, 0.15) is 73.7 Å². The van der Waals surface area contributed by atoms with Crippen LogP contribution in [0.3, 0.4) is 0 Å². The van der Waals surface area contributed by atoms with Crippen molar-refractivity contribution in [2.75, 3.05) is 0 Å². The molecule has 1 N–H and O–H groups in total. The van der Waals surface area contributed by atoms with E-state index in [2.05, 4.69) is 25.8 Å². The highest BCUT2D eigenvalue weighted by Gasteiger charge is 2.14. The summed E-state index contributed by atoms with van der Waals surface area (Å²) in [6.07, 6.45) is 5.92. The van der Waals surface area contributed by atoms with E-state index < -0.39 is 5.97 Å². The molecule has 0 bridgehead atoms. The zero-order chi connectivity index (χ0) is 20.8. The van der Waals surface area contributed by atoms with Crippen molar-refractivity contribution >= 4 is 5.97 Å². The molecule has 0 aliphatic heterocycles. The second-order valence-corrected chi connectivity index (χ2v) is 7.56. The van der Waals surface area contributed by atoms with Crippen molar-refractivity contribution in [3.8, 4) is 11.1 Å². The van der Waals surface area contributed by atoms with Crippen molar-refractivity contribution < 1.29 is 9.90 Å². The van der Waals surface area contributed by atoms with Crippen LogP contribution in [0.25, 0.3) is 11.1 Å². The minimum absolute atomic E-state index is 0.0660. The minimum Gasteiger partial charge on any atom is -0.476 e. The van der Waals surface area contributed by atoms with Crippen LogP contribution in [0.2, 0.25) is 0 Å². The number of hydrogen-bond donors (Lipinski definition) is 1. The van der Waals surface area contributed by atoms with Gasteiger partial charge in [-0.25, -0.2) is 19.4 Å². The van der Waals surface area contributed by atoms with Gasteiger partial charge in [-0.2, -0.15) is 5.10 Å². The largest absolute Gasteiger partial charge is 0.476 e. The average Bonchev–Trinajstić information content (AvgIpc) is 3.12. The normalized spacial score (nSPS) is 11.2. The predicted molar refractivity (Wildman–Crippen MR) is 113 cm³/mol. The third-order valence-electron chi connectivity index (χ3n) is 4.89. The lowest BCUT2D eigenvalue weighted by Crippen LogP contribution is -2.07. The molecule has 0 amide bonds. The van der Waals surface area contributed by atoms with Gasteiger partial charge in [0, 0.05) is 24.1 Å². The number of pyridine rings is 1. The van der Waals surface area contributed by atoms with Gasteiger partial charge >= 0.3 is 5.97 Å². The summed E-state index contributed by atoms with van der Waals surface area (Å²) in [7, 11) is 0. The van der Waals surface area contributed by atoms with Gasteiger partial charge in [0.05, 0.1) is 6.54 Å². The SMILES string of the molecule is CCCCCc1nc(C(C)C)nn1Cc1ccc(-c2cccnc2C(=O)O)cc1. The van der Waals surface area contributed by atoms with Crippen molar-refractivity contribution in [1.29, 1.82) is 0 Å². The van der Waals surface area contributed by atoms with Gasteiger partial charge in [0.1, 0.15) is 5.82 Å². The first-order chi connectivity index (χ1) is 14.0. The first-order valence-corrected chi connectivity index (χ1v) is 10.2. The molecule has 6 nitrogen and oxygen atoms in total. The number of hydrogen-bond acceptors (Lipinski definition) is 4. The Bertz CT molecular complexity index is 961. The Labute approximate surface area is 171 Å². The molecule has 2 aromatic heterocycles. The van der Waals surface area contributed by atoms with Gasteiger partial charge in [0.15, 0.2) is 11.5 Å². The molecule has 0 atom stereocenters. The van der Waals surface area contributed by atoms with Crippen LogP contribution in [-0.4, -0.2) is 30.8 Å². The number of aryl methyl sites for hydroxylation is 1. The maximum atomic E-state index is 11.4. The Hall–Kier alpha value is -3.02. The molecule has 3 aromatic rings. The molecule has 0 fully saturated rings. The monoisotopic (exact) mass is 392 g/mol. The zero-order valence-corrected chi connectivity index (χ0v) is 17.3. The first kappa shape index (κ1) is 20.7. The van der Waals surface area contributed by atoms with Crippen molar-refractivity contribution in [3.05, 3.63) is 65.5 Å². The number of carbonyl (C=O) groups is 1. The number of carboxylic acid groups (broad SMARTS) is 1. The standard InChI is InChI=1S/C23H28N4O2/c1-4-5-6-9-20-25-22(16(2)3)26-27(20)15-17-10-12-18(13-11-17)19-8-7-14-24-21(19)23(28)29/h7-8,10-14,16H,4-6,9,15H2,1-3H3,(H,28,29). The molecule has 152 valence electrons. The molecule has 0 aliphatic carbocycles. The fraction of sp³-hybridized carbons (Fsp3) is 0.391. The summed E-state index contributed by atoms with van der Waals surface area (Å²) in [6.45, 7) is 7.07.